The first-order valence-electron chi connectivity index (χ1n) is 5.67. The molecule has 2 rings (SSSR count). The third kappa shape index (κ3) is 2.49. The van der Waals surface area contributed by atoms with Gasteiger partial charge in [0, 0.05) is 9.75 Å². The number of nitrogens with one attached hydrogen (secondary N) is 1. The lowest BCUT2D eigenvalue weighted by molar-refractivity contribution is 0.856. The zero-order valence-electron chi connectivity index (χ0n) is 10.6. The zero-order chi connectivity index (χ0) is 13.1. The lowest BCUT2D eigenvalue weighted by Gasteiger charge is -2.14. The van der Waals surface area contributed by atoms with Gasteiger partial charge in [0.25, 0.3) is 0 Å². The molecule has 5 heteroatoms. The van der Waals surface area contributed by atoms with Crippen LogP contribution >= 0.6 is 11.3 Å². The molecule has 1 N–H and O–H groups in total. The molecule has 0 aliphatic carbocycles. The number of hydrogen-bond donors (Lipinski definition) is 1. The third-order valence-corrected chi connectivity index (χ3v) is 3.72. The van der Waals surface area contributed by atoms with E-state index in [9.17, 15) is 0 Å². The molecule has 1 unspecified atom stereocenters. The van der Waals surface area contributed by atoms with Gasteiger partial charge in [0.1, 0.15) is 6.07 Å². The van der Waals surface area contributed by atoms with Gasteiger partial charge in [-0.15, -0.1) is 16.4 Å². The van der Waals surface area contributed by atoms with Gasteiger partial charge in [0.05, 0.1) is 17.8 Å². The van der Waals surface area contributed by atoms with Gasteiger partial charge in [-0.05, 0) is 38.5 Å². The highest BCUT2D eigenvalue weighted by Gasteiger charge is 2.13. The largest absolute Gasteiger partial charge is 0.361 e. The number of nitrogens with zero attached hydrogens (tertiary/aromatic N) is 3. The van der Waals surface area contributed by atoms with E-state index in [0.29, 0.717) is 11.4 Å². The quantitative estimate of drug-likeness (QED) is 0.918. The van der Waals surface area contributed by atoms with Crippen molar-refractivity contribution in [3.63, 3.8) is 0 Å². The first kappa shape index (κ1) is 12.5. The molecule has 0 amide bonds. The Morgan fingerprint density at radius 2 is 2.22 bits per heavy atom. The Balaban J connectivity index is 2.24. The molecule has 1 atom stereocenters. The molecular formula is C13H14N4S. The van der Waals surface area contributed by atoms with E-state index in [4.69, 9.17) is 5.26 Å². The Labute approximate surface area is 110 Å². The molecule has 4 nitrogen and oxygen atoms in total. The fourth-order valence-corrected chi connectivity index (χ4v) is 2.91. The molecule has 0 fully saturated rings. The van der Waals surface area contributed by atoms with Gasteiger partial charge in [-0.2, -0.15) is 10.4 Å². The molecule has 0 aliphatic heterocycles. The molecule has 0 bridgehead atoms. The van der Waals surface area contributed by atoms with Gasteiger partial charge in [-0.1, -0.05) is 0 Å². The van der Waals surface area contributed by atoms with Crippen LogP contribution in [0, 0.1) is 25.2 Å². The summed E-state index contributed by atoms with van der Waals surface area (Å²) in [7, 11) is 0. The number of nitriles is 1. The summed E-state index contributed by atoms with van der Waals surface area (Å²) < 4.78 is 0. The molecule has 18 heavy (non-hydrogen) atoms. The van der Waals surface area contributed by atoms with Crippen molar-refractivity contribution in [2.75, 3.05) is 5.32 Å². The Morgan fingerprint density at radius 3 is 2.83 bits per heavy atom. The third-order valence-electron chi connectivity index (χ3n) is 2.74. The molecule has 92 valence electrons. The maximum Gasteiger partial charge on any atom is 0.167 e. The van der Waals surface area contributed by atoms with Crippen LogP contribution in [0.3, 0.4) is 0 Å². The van der Waals surface area contributed by atoms with Crippen LogP contribution < -0.4 is 5.32 Å². The van der Waals surface area contributed by atoms with E-state index >= 15 is 0 Å². The fourth-order valence-electron chi connectivity index (χ4n) is 1.89. The molecule has 0 saturated carbocycles. The summed E-state index contributed by atoms with van der Waals surface area (Å²) in [6.45, 7) is 6.26. The van der Waals surface area contributed by atoms with Crippen molar-refractivity contribution in [3.05, 3.63) is 39.2 Å². The van der Waals surface area contributed by atoms with Crippen LogP contribution in [-0.4, -0.2) is 10.2 Å². The van der Waals surface area contributed by atoms with Crippen molar-refractivity contribution >= 4 is 17.2 Å². The van der Waals surface area contributed by atoms with Crippen molar-refractivity contribution in [1.82, 2.24) is 10.2 Å². The van der Waals surface area contributed by atoms with Gasteiger partial charge in [-0.3, -0.25) is 0 Å². The molecule has 0 aliphatic rings. The van der Waals surface area contributed by atoms with Crippen LogP contribution in [-0.2, 0) is 0 Å². The highest BCUT2D eigenvalue weighted by Crippen LogP contribution is 2.28. The topological polar surface area (TPSA) is 61.6 Å². The predicted octanol–water partition coefficient (Wildman–Crippen LogP) is 3.20. The van der Waals surface area contributed by atoms with Crippen molar-refractivity contribution in [3.8, 4) is 6.07 Å². The van der Waals surface area contributed by atoms with Gasteiger partial charge in [0.2, 0.25) is 0 Å². The second-order valence-corrected chi connectivity index (χ2v) is 5.60. The predicted molar refractivity (Wildman–Crippen MR) is 72.6 cm³/mol. The number of aromatic nitrogens is 2. The maximum absolute atomic E-state index is 9.00. The van der Waals surface area contributed by atoms with Crippen molar-refractivity contribution < 1.29 is 0 Å². The monoisotopic (exact) mass is 258 g/mol. The number of rotatable bonds is 3. The van der Waals surface area contributed by atoms with E-state index in [-0.39, 0.29) is 6.04 Å². The fraction of sp³-hybridized carbons (Fsp3) is 0.308. The molecule has 2 heterocycles. The average Bonchev–Trinajstić information content (AvgIpc) is 2.69. The summed E-state index contributed by atoms with van der Waals surface area (Å²) >= 11 is 1.78. The highest BCUT2D eigenvalue weighted by molar-refractivity contribution is 7.12. The number of hydrogen-bond acceptors (Lipinski definition) is 5. The van der Waals surface area contributed by atoms with Crippen molar-refractivity contribution in [1.29, 1.82) is 5.26 Å². The van der Waals surface area contributed by atoms with Crippen LogP contribution in [0.4, 0.5) is 5.82 Å². The first-order chi connectivity index (χ1) is 8.61. The van der Waals surface area contributed by atoms with E-state index in [1.165, 1.54) is 21.5 Å². The SMILES string of the molecule is Cc1cc(C(C)Nc2nnccc2C#N)c(C)s1. The Morgan fingerprint density at radius 1 is 1.44 bits per heavy atom. The average molecular weight is 258 g/mol. The summed E-state index contributed by atoms with van der Waals surface area (Å²) in [6, 6.07) is 6.05. The maximum atomic E-state index is 9.00. The Kier molecular flexibility index (Phi) is 3.58. The second-order valence-electron chi connectivity index (χ2n) is 4.14. The highest BCUT2D eigenvalue weighted by atomic mass is 32.1. The summed E-state index contributed by atoms with van der Waals surface area (Å²) in [5.41, 5.74) is 1.76. The minimum absolute atomic E-state index is 0.110. The molecular weight excluding hydrogens is 244 g/mol. The summed E-state index contributed by atoms with van der Waals surface area (Å²) in [4.78, 5) is 2.57. The number of aryl methyl sites for hydroxylation is 2. The zero-order valence-corrected chi connectivity index (χ0v) is 11.4. The standard InChI is InChI=1S/C13H14N4S/c1-8-6-12(10(3)18-8)9(2)16-13-11(7-14)4-5-15-17-13/h4-6,9H,1-3H3,(H,16,17). The van der Waals surface area contributed by atoms with Gasteiger partial charge in [0.15, 0.2) is 5.82 Å². The molecule has 0 radical (unpaired) electrons. The molecule has 2 aromatic heterocycles. The summed E-state index contributed by atoms with van der Waals surface area (Å²) in [6.07, 6.45) is 1.52. The molecule has 0 saturated heterocycles. The normalized spacial score (nSPS) is 11.9. The first-order valence-corrected chi connectivity index (χ1v) is 6.48. The number of thiophene rings is 1. The van der Waals surface area contributed by atoms with E-state index < -0.39 is 0 Å². The second kappa shape index (κ2) is 5.15. The van der Waals surface area contributed by atoms with E-state index in [2.05, 4.69) is 48.4 Å². The lowest BCUT2D eigenvalue weighted by atomic mass is 10.1. The van der Waals surface area contributed by atoms with Crippen LogP contribution in [0.2, 0.25) is 0 Å². The van der Waals surface area contributed by atoms with E-state index in [1.54, 1.807) is 17.4 Å². The van der Waals surface area contributed by atoms with Crippen molar-refractivity contribution in [2.45, 2.75) is 26.8 Å². The molecule has 0 spiro atoms. The summed E-state index contributed by atoms with van der Waals surface area (Å²) in [5, 5.41) is 20.0. The van der Waals surface area contributed by atoms with Gasteiger partial charge >= 0.3 is 0 Å². The van der Waals surface area contributed by atoms with Gasteiger partial charge < -0.3 is 5.32 Å². The molecule has 0 aromatic carbocycles. The Bertz CT molecular complexity index is 597. The van der Waals surface area contributed by atoms with Crippen LogP contribution in [0.5, 0.6) is 0 Å². The minimum Gasteiger partial charge on any atom is -0.361 e. The van der Waals surface area contributed by atoms with Crippen LogP contribution in [0.15, 0.2) is 18.3 Å². The van der Waals surface area contributed by atoms with Crippen LogP contribution in [0.1, 0.15) is 33.8 Å². The van der Waals surface area contributed by atoms with Gasteiger partial charge in [-0.25, -0.2) is 0 Å². The summed E-state index contributed by atoms with van der Waals surface area (Å²) in [5.74, 6) is 0.538. The van der Waals surface area contributed by atoms with Crippen molar-refractivity contribution in [2.24, 2.45) is 0 Å². The molecule has 2 aromatic rings. The Hall–Kier alpha value is -1.93. The minimum atomic E-state index is 0.110. The number of anilines is 1. The van der Waals surface area contributed by atoms with Crippen LogP contribution in [0.25, 0.3) is 0 Å². The smallest absolute Gasteiger partial charge is 0.167 e. The lowest BCUT2D eigenvalue weighted by Crippen LogP contribution is -2.10. The van der Waals surface area contributed by atoms with E-state index in [1.807, 2.05) is 0 Å². The van der Waals surface area contributed by atoms with E-state index in [0.717, 1.165) is 0 Å².